The monoisotopic (exact) mass is 2100 g/mol. The van der Waals surface area contributed by atoms with Gasteiger partial charge in [-0.05, 0) is 0 Å². The Morgan fingerprint density at radius 2 is 0.328 bits per heavy atom. The standard InChI is InChI=1S/C75H116O50S9/c76-35(77)1-10-126-20-28-61-46(95)54(103)70(112-28)121-63-30(22-128-12-3-37(80)81)114-72(56(105)48(63)97)123-65-32(24-130-14-5-39(84)85)116-74(58(107)50(65)99)125-67-34(26-132-16-7-41(88)89)117-75(59(108)51(67)100)124-66-33(25-131-15-6-40(86)87)115-73(57(106)49(66)98)122-64-31(23-129-13-4-38(82)83)113-71(55(104)47(64)96)120-62-29(21-127-11-2-36(78)79)111-69(53(102)45(62)94)118-60-27(110-68(119-61)52(101)44(60)93)19-109-43(92)9-18-134-133-17-8-42(90)91/h27-34,44-75,93-108H,1-26H2,(H,76,77)(H,78,79)(H,80,81)(H,82,83)(H,84,85)(H,86,87)(H,88,89)(H,90,91)/t27-,28-,29-,30-,31+,32+,33+,34+,44?,45+,46+,47?,48?,49?,50?,51?,52-,53-,54-,55+,56-,57+,58+,59+,60-,61-,62-,63-,64+,65?,66+,67+,68?,69-,70-,71+,72?,73?,74+,75?/m0/s1. The van der Waals surface area contributed by atoms with E-state index < -0.39 is 391 Å². The van der Waals surface area contributed by atoms with Crippen molar-refractivity contribution in [2.45, 2.75) is 303 Å². The van der Waals surface area contributed by atoms with E-state index in [-0.39, 0.29) is 64.6 Å². The second-order valence-electron chi connectivity index (χ2n) is 31.7. The van der Waals surface area contributed by atoms with Gasteiger partial charge in [0.1, 0.15) is 159 Å². The molecular weight excluding hydrogens is 1990 g/mol. The van der Waals surface area contributed by atoms with Crippen molar-refractivity contribution in [1.29, 1.82) is 0 Å². The number of aliphatic carboxylic acids is 8. The molecule has 0 saturated carbocycles. The van der Waals surface area contributed by atoms with Crippen molar-refractivity contribution in [3.8, 4) is 0 Å². The summed E-state index contributed by atoms with van der Waals surface area (Å²) in [6.07, 6.45) is -88.0. The van der Waals surface area contributed by atoms with Gasteiger partial charge in [-0.25, -0.2) is 0 Å². The Morgan fingerprint density at radius 3 is 0.493 bits per heavy atom. The fourth-order valence-corrected chi connectivity index (χ4v) is 23.8. The number of hydrogen-bond donors (Lipinski definition) is 24. The van der Waals surface area contributed by atoms with Crippen LogP contribution in [0.3, 0.4) is 0 Å². The van der Waals surface area contributed by atoms with Gasteiger partial charge in [0.2, 0.25) is 0 Å². The molecule has 40 atom stereocenters. The van der Waals surface area contributed by atoms with Gasteiger partial charge in [-0.3, -0.25) is 43.2 Å². The summed E-state index contributed by atoms with van der Waals surface area (Å²) in [5, 5.41) is 273. The number of esters is 1. The zero-order valence-corrected chi connectivity index (χ0v) is 78.3. The van der Waals surface area contributed by atoms with Crippen molar-refractivity contribution in [3.05, 3.63) is 0 Å². The van der Waals surface area contributed by atoms with Crippen LogP contribution in [0.25, 0.3) is 0 Å². The molecular formula is C75H116O50S9. The minimum Gasteiger partial charge on any atom is -0.481 e. The Balaban J connectivity index is 1.12. The van der Waals surface area contributed by atoms with E-state index in [2.05, 4.69) is 0 Å². The number of ether oxygens (including phenoxy) is 17. The summed E-state index contributed by atoms with van der Waals surface area (Å²) in [5.41, 5.74) is 0. The van der Waals surface area contributed by atoms with Crippen LogP contribution in [0.5, 0.6) is 0 Å². The van der Waals surface area contributed by atoms with Gasteiger partial charge in [0, 0.05) is 92.0 Å². The molecule has 11 unspecified atom stereocenters. The Bertz CT molecular complexity index is 3520. The third-order valence-corrected chi connectivity index (χ3v) is 31.7. The third kappa shape index (κ3) is 33.3. The normalized spacial score (nSPS) is 40.1. The Hall–Kier alpha value is -2.90. The van der Waals surface area contributed by atoms with Crippen LogP contribution in [0, 0.1) is 0 Å². The summed E-state index contributed by atoms with van der Waals surface area (Å²) in [5.74, 6) is -14.8. The summed E-state index contributed by atoms with van der Waals surface area (Å²) < 4.78 is 106. The topological polar surface area (TPSA) is 796 Å². The predicted molar refractivity (Wildman–Crippen MR) is 464 cm³/mol. The van der Waals surface area contributed by atoms with Gasteiger partial charge >= 0.3 is 53.7 Å². The quantitative estimate of drug-likeness (QED) is 0.0153. The number of thioether (sulfide) groups is 7. The van der Waals surface area contributed by atoms with Gasteiger partial charge in [-0.1, -0.05) is 21.6 Å². The Kier molecular flexibility index (Phi) is 48.3. The van der Waals surface area contributed by atoms with E-state index in [0.29, 0.717) is 0 Å². The highest BCUT2D eigenvalue weighted by molar-refractivity contribution is 8.76. The van der Waals surface area contributed by atoms with E-state index in [1.165, 1.54) is 0 Å². The van der Waals surface area contributed by atoms with Gasteiger partial charge in [-0.15, -0.1) is 0 Å². The second kappa shape index (κ2) is 56.4. The van der Waals surface area contributed by atoms with Gasteiger partial charge in [-0.2, -0.15) is 82.3 Å². The van der Waals surface area contributed by atoms with Gasteiger partial charge in [0.25, 0.3) is 0 Å². The molecule has 30 saturated heterocycles. The van der Waals surface area contributed by atoms with Crippen molar-refractivity contribution in [2.24, 2.45) is 0 Å². The third-order valence-electron chi connectivity index (χ3n) is 21.9. The maximum Gasteiger partial charge on any atom is 0.306 e. The van der Waals surface area contributed by atoms with Crippen LogP contribution in [0.15, 0.2) is 0 Å². The molecule has 0 radical (unpaired) electrons. The van der Waals surface area contributed by atoms with Gasteiger partial charge < -0.3 is 203 Å². The number of carboxylic acid groups (broad SMARTS) is 8. The van der Waals surface area contributed by atoms with Gasteiger partial charge in [0.15, 0.2) is 50.3 Å². The highest BCUT2D eigenvalue weighted by atomic mass is 33.1. The molecule has 30 heterocycles. The molecule has 50 nitrogen and oxygen atoms in total. The number of aliphatic hydroxyl groups is 16. The van der Waals surface area contributed by atoms with E-state index in [9.17, 15) is 161 Å². The maximum atomic E-state index is 13.6. The van der Waals surface area contributed by atoms with Crippen LogP contribution in [0.1, 0.15) is 57.8 Å². The first-order valence-electron chi connectivity index (χ1n) is 42.2. The van der Waals surface area contributed by atoms with Crippen molar-refractivity contribution in [1.82, 2.24) is 0 Å². The van der Waals surface area contributed by atoms with Crippen LogP contribution in [0.4, 0.5) is 0 Å². The average Bonchev–Trinajstić information content (AvgIpc) is 0.769. The molecule has 30 rings (SSSR count). The second-order valence-corrected chi connectivity index (χ2v) is 42.5. The number of carboxylic acids is 8. The molecule has 30 fully saturated rings. The first-order valence-corrected chi connectivity index (χ1v) is 52.8. The zero-order chi connectivity index (χ0) is 98.1. The lowest BCUT2D eigenvalue weighted by Gasteiger charge is -2.51. The Morgan fingerprint density at radius 1 is 0.187 bits per heavy atom. The average molecular weight is 2110 g/mol. The molecule has 0 amide bonds. The molecule has 0 spiro atoms. The summed E-state index contributed by atoms with van der Waals surface area (Å²) in [7, 11) is 2.21. The largest absolute Gasteiger partial charge is 0.481 e. The minimum atomic E-state index is -2.42. The lowest BCUT2D eigenvalue weighted by Crippen LogP contribution is -2.69. The summed E-state index contributed by atoms with van der Waals surface area (Å²) in [6.45, 7) is -0.977. The Labute approximate surface area is 801 Å². The number of aliphatic hydroxyl groups excluding tert-OH is 16. The molecule has 134 heavy (non-hydrogen) atoms. The van der Waals surface area contributed by atoms with Crippen molar-refractivity contribution in [2.75, 3.05) is 98.7 Å². The highest BCUT2D eigenvalue weighted by Crippen LogP contribution is 2.43. The predicted octanol–water partition coefficient (Wildman–Crippen LogP) is -7.10. The maximum absolute atomic E-state index is 13.6. The fraction of sp³-hybridized carbons (Fsp3) is 0.880. The highest BCUT2D eigenvalue weighted by Gasteiger charge is 2.61. The first-order chi connectivity index (χ1) is 63.6. The number of hydrogen-bond acceptors (Lipinski definition) is 51. The molecule has 0 aromatic heterocycles. The summed E-state index contributed by atoms with van der Waals surface area (Å²) in [4.78, 5) is 108. The molecule has 0 aromatic carbocycles. The molecule has 30 aliphatic rings. The zero-order valence-electron chi connectivity index (χ0n) is 71.0. The lowest BCUT2D eigenvalue weighted by molar-refractivity contribution is -0.397. The molecule has 770 valence electrons. The molecule has 24 N–H and O–H groups in total. The van der Waals surface area contributed by atoms with E-state index >= 15 is 0 Å². The van der Waals surface area contributed by atoms with Crippen molar-refractivity contribution < 1.29 is 246 Å². The van der Waals surface area contributed by atoms with Crippen LogP contribution in [-0.4, -0.2) is 521 Å². The number of carbonyl (C=O) groups excluding carboxylic acids is 1. The number of rotatable bonds is 44. The van der Waals surface area contributed by atoms with E-state index in [0.717, 1.165) is 104 Å². The van der Waals surface area contributed by atoms with Crippen LogP contribution < -0.4 is 0 Å². The SMILES string of the molecule is O=C(O)CCSC[C@@H]1O[C@H]2O[C@@H]3C(O)[C@H](O)C(OC4C(O)[C@@H](O)[C@H](O[C@@H]4CSCCC(=O)O)O[C@H]4C(O)[C@@H](O)C(O[C@@H]4CSCCC(=O)O)O[C@H]4C(O)[C@@H](O)C(O[C@@H]4CSCCC(=O)O)O[C@H]4C(O)[C@@H](O)[C@@H](O[C@@H]5[C@H](O)[C@H](O)[C@@H](O[C@H]5CSCCC(=O)O)O[C@@H]5C(O)[C@H](O)C(O[C@@H]1[C@H](O)[C@@H]2O)O[C@H]5COC(=O)CCSSCCC(=O)O)O[C@@H]4CSCCC(=O)O)O[C@H]3CSCCC(=O)O. The van der Waals surface area contributed by atoms with Crippen molar-refractivity contribution in [3.63, 3.8) is 0 Å². The first kappa shape index (κ1) is 115. The van der Waals surface area contributed by atoms with Crippen LogP contribution >= 0.6 is 104 Å². The van der Waals surface area contributed by atoms with Crippen molar-refractivity contribution >= 4 is 158 Å². The molecule has 16 bridgehead atoms. The molecule has 59 heteroatoms. The molecule has 0 aromatic rings. The minimum absolute atomic E-state index is 0.0273. The lowest BCUT2D eigenvalue weighted by atomic mass is 9.95. The van der Waals surface area contributed by atoms with Crippen LogP contribution in [-0.2, 0) is 124 Å². The smallest absolute Gasteiger partial charge is 0.306 e. The fourth-order valence-electron chi connectivity index (χ4n) is 14.9. The molecule has 0 aliphatic carbocycles. The van der Waals surface area contributed by atoms with E-state index in [4.69, 9.17) is 85.6 Å². The number of carbonyl (C=O) groups is 9. The summed E-state index contributed by atoms with van der Waals surface area (Å²) >= 11 is 6.05. The molecule has 30 aliphatic heterocycles. The van der Waals surface area contributed by atoms with Crippen LogP contribution in [0.2, 0.25) is 0 Å². The van der Waals surface area contributed by atoms with E-state index in [1.54, 1.807) is 0 Å². The summed E-state index contributed by atoms with van der Waals surface area (Å²) in [6, 6.07) is 0. The van der Waals surface area contributed by atoms with Gasteiger partial charge in [0.05, 0.1) is 101 Å². The van der Waals surface area contributed by atoms with E-state index in [1.807, 2.05) is 0 Å².